The van der Waals surface area contributed by atoms with Crippen molar-refractivity contribution in [2.24, 2.45) is 5.92 Å². The van der Waals surface area contributed by atoms with Crippen LogP contribution in [-0.2, 0) is 30.0 Å². The van der Waals surface area contributed by atoms with Gasteiger partial charge in [-0.3, -0.25) is 18.8 Å². The Labute approximate surface area is 240 Å². The number of ketones is 1. The normalized spacial score (nSPS) is 23.7. The van der Waals surface area contributed by atoms with Gasteiger partial charge in [-0.25, -0.2) is 14.9 Å². The Kier molecular flexibility index (Phi) is 8.64. The van der Waals surface area contributed by atoms with E-state index in [0.29, 0.717) is 25.4 Å². The Morgan fingerprint density at radius 2 is 1.90 bits per heavy atom. The van der Waals surface area contributed by atoms with E-state index >= 15 is 0 Å². The molecule has 2 fully saturated rings. The maximum Gasteiger partial charge on any atom is 0.380 e. The molecule has 1 N–H and O–H groups in total. The third-order valence-corrected chi connectivity index (χ3v) is 12.0. The predicted octanol–water partition coefficient (Wildman–Crippen LogP) is 4.29. The number of anilines is 1. The van der Waals surface area contributed by atoms with Crippen molar-refractivity contribution >= 4 is 26.1 Å². The average molecular weight is 580 g/mol. The van der Waals surface area contributed by atoms with Gasteiger partial charge in [0.25, 0.3) is 0 Å². The SMILES string of the molecule is CC(=O)O[C@H]1[C@@H]2OO[Si](C(C)C)(C(C)C)OC[C@H]2C[C@H]1Nc1ncncc1C(=O)c1ccn(Cc2ccccc2)n1. The topological polar surface area (TPSA) is 127 Å². The third-order valence-electron chi connectivity index (χ3n) is 7.81. The van der Waals surface area contributed by atoms with E-state index < -0.39 is 32.8 Å². The molecule has 2 aromatic heterocycles. The van der Waals surface area contributed by atoms with Crippen molar-refractivity contribution in [1.82, 2.24) is 19.7 Å². The van der Waals surface area contributed by atoms with Crippen LogP contribution in [0.15, 0.2) is 55.1 Å². The molecule has 11 nitrogen and oxygen atoms in total. The maximum absolute atomic E-state index is 13.5. The van der Waals surface area contributed by atoms with Crippen LogP contribution in [0.3, 0.4) is 0 Å². The Balaban J connectivity index is 1.35. The highest BCUT2D eigenvalue weighted by Gasteiger charge is 2.55. The Bertz CT molecular complexity index is 1360. The summed E-state index contributed by atoms with van der Waals surface area (Å²) in [6, 6.07) is 11.2. The number of carbonyl (C=O) groups excluding carboxylic acids is 2. The predicted molar refractivity (Wildman–Crippen MR) is 152 cm³/mol. The number of nitrogens with zero attached hydrogens (tertiary/aromatic N) is 4. The summed E-state index contributed by atoms with van der Waals surface area (Å²) in [4.78, 5) is 40.2. The zero-order valence-electron chi connectivity index (χ0n) is 24.0. The zero-order chi connectivity index (χ0) is 29.1. The van der Waals surface area contributed by atoms with Crippen molar-refractivity contribution in [2.75, 3.05) is 11.9 Å². The molecule has 1 saturated heterocycles. The molecular weight excluding hydrogens is 542 g/mol. The fraction of sp³-hybridized carbons (Fsp3) is 0.483. The van der Waals surface area contributed by atoms with Gasteiger partial charge in [-0.2, -0.15) is 5.10 Å². The van der Waals surface area contributed by atoms with E-state index in [1.165, 1.54) is 19.4 Å². The number of aromatic nitrogens is 4. The van der Waals surface area contributed by atoms with Crippen molar-refractivity contribution in [3.05, 3.63) is 71.9 Å². The van der Waals surface area contributed by atoms with Crippen LogP contribution in [0.5, 0.6) is 0 Å². The van der Waals surface area contributed by atoms with Crippen LogP contribution in [-0.4, -0.2) is 64.9 Å². The molecule has 41 heavy (non-hydrogen) atoms. The first kappa shape index (κ1) is 29.1. The van der Waals surface area contributed by atoms with Crippen LogP contribution in [0.25, 0.3) is 0 Å². The number of hydrogen-bond donors (Lipinski definition) is 1. The van der Waals surface area contributed by atoms with Gasteiger partial charge in [-0.15, -0.1) is 0 Å². The monoisotopic (exact) mass is 579 g/mol. The highest BCUT2D eigenvalue weighted by atomic mass is 28.4. The number of hydrogen-bond acceptors (Lipinski definition) is 10. The van der Waals surface area contributed by atoms with Gasteiger partial charge in [0.05, 0.1) is 18.2 Å². The van der Waals surface area contributed by atoms with E-state index in [-0.39, 0.29) is 34.0 Å². The molecule has 3 aromatic rings. The second-order valence-corrected chi connectivity index (χ2v) is 15.5. The molecule has 0 amide bonds. The first-order valence-corrected chi connectivity index (χ1v) is 16.0. The van der Waals surface area contributed by atoms with Crippen molar-refractivity contribution in [1.29, 1.82) is 0 Å². The lowest BCUT2D eigenvalue weighted by molar-refractivity contribution is -0.282. The van der Waals surface area contributed by atoms with E-state index in [9.17, 15) is 9.59 Å². The quantitative estimate of drug-likeness (QED) is 0.170. The summed E-state index contributed by atoms with van der Waals surface area (Å²) < 4.78 is 20.1. The zero-order valence-corrected chi connectivity index (χ0v) is 25.0. The fourth-order valence-corrected chi connectivity index (χ4v) is 8.89. The summed E-state index contributed by atoms with van der Waals surface area (Å²) in [6.07, 6.45) is 3.97. The van der Waals surface area contributed by atoms with Gasteiger partial charge in [0.15, 0.2) is 6.10 Å². The van der Waals surface area contributed by atoms with Crippen LogP contribution in [0.2, 0.25) is 11.1 Å². The molecule has 1 aliphatic heterocycles. The minimum absolute atomic E-state index is 0.0848. The molecule has 3 heterocycles. The molecule has 4 atom stereocenters. The average Bonchev–Trinajstić information content (AvgIpc) is 3.47. The van der Waals surface area contributed by atoms with Gasteiger partial charge >= 0.3 is 14.5 Å². The number of nitrogens with one attached hydrogen (secondary N) is 1. The minimum atomic E-state index is -2.66. The second kappa shape index (κ2) is 12.2. The van der Waals surface area contributed by atoms with E-state index in [0.717, 1.165) is 5.56 Å². The maximum atomic E-state index is 13.5. The van der Waals surface area contributed by atoms with Gasteiger partial charge in [0.2, 0.25) is 5.78 Å². The summed E-state index contributed by atoms with van der Waals surface area (Å²) >= 11 is 0. The summed E-state index contributed by atoms with van der Waals surface area (Å²) in [7, 11) is -2.66. The Hall–Kier alpha value is -3.45. The van der Waals surface area contributed by atoms with Gasteiger partial charge < -0.3 is 14.5 Å². The van der Waals surface area contributed by atoms with Crippen LogP contribution < -0.4 is 5.32 Å². The second-order valence-electron chi connectivity index (χ2n) is 11.3. The highest BCUT2D eigenvalue weighted by Crippen LogP contribution is 2.42. The summed E-state index contributed by atoms with van der Waals surface area (Å²) in [6.45, 7) is 10.7. The molecule has 0 unspecified atom stereocenters. The van der Waals surface area contributed by atoms with Crippen molar-refractivity contribution in [3.8, 4) is 0 Å². The standard InChI is InChI=1S/C29H37N5O6Si/c1-18(2)41(19(3)4)37-16-22-13-25(28(38-20(5)35)27(22)39-40-41)32-29-23(14-30-17-31-29)26(36)24-11-12-34(33-24)15-21-9-7-6-8-10-21/h6-12,14,17-19,22,25,27-28H,13,15-16H2,1-5H3,(H,30,31,32)/t22-,25-,27-,28-/m1/s1. The number of carbonyl (C=O) groups is 2. The molecule has 0 radical (unpaired) electrons. The van der Waals surface area contributed by atoms with Crippen molar-refractivity contribution in [2.45, 2.75) is 76.9 Å². The largest absolute Gasteiger partial charge is 0.457 e. The number of benzene rings is 1. The van der Waals surface area contributed by atoms with Crippen LogP contribution in [0, 0.1) is 5.92 Å². The molecule has 0 bridgehead atoms. The number of esters is 1. The third kappa shape index (κ3) is 6.10. The highest BCUT2D eigenvalue weighted by molar-refractivity contribution is 6.70. The summed E-state index contributed by atoms with van der Waals surface area (Å²) in [5.41, 5.74) is 1.97. The molecule has 5 rings (SSSR count). The lowest BCUT2D eigenvalue weighted by atomic mass is 10.1. The number of rotatable bonds is 9. The lowest BCUT2D eigenvalue weighted by Gasteiger charge is -2.35. The van der Waals surface area contributed by atoms with Crippen LogP contribution >= 0.6 is 0 Å². The van der Waals surface area contributed by atoms with Crippen molar-refractivity contribution < 1.29 is 28.2 Å². The molecule has 0 spiro atoms. The van der Waals surface area contributed by atoms with Crippen LogP contribution in [0.4, 0.5) is 5.82 Å². The molecule has 1 saturated carbocycles. The Morgan fingerprint density at radius 3 is 2.61 bits per heavy atom. The molecular formula is C29H37N5O6Si. The first-order valence-electron chi connectivity index (χ1n) is 14.0. The van der Waals surface area contributed by atoms with Gasteiger partial charge in [-0.05, 0) is 29.1 Å². The van der Waals surface area contributed by atoms with Gasteiger partial charge in [-0.1, -0.05) is 58.0 Å². The minimum Gasteiger partial charge on any atom is -0.457 e. The van der Waals surface area contributed by atoms with E-state index in [4.69, 9.17) is 18.6 Å². The molecule has 1 aromatic carbocycles. The fourth-order valence-electron chi connectivity index (χ4n) is 5.72. The summed E-state index contributed by atoms with van der Waals surface area (Å²) in [5, 5.41) is 7.83. The molecule has 1 aliphatic carbocycles. The number of ether oxygens (including phenoxy) is 1. The van der Waals surface area contributed by atoms with Crippen LogP contribution in [0.1, 0.15) is 62.7 Å². The van der Waals surface area contributed by atoms with E-state index in [1.54, 1.807) is 16.9 Å². The molecule has 2 aliphatic rings. The van der Waals surface area contributed by atoms with Crippen molar-refractivity contribution in [3.63, 3.8) is 0 Å². The Morgan fingerprint density at radius 1 is 1.15 bits per heavy atom. The first-order chi connectivity index (χ1) is 19.7. The van der Waals surface area contributed by atoms with E-state index in [1.807, 2.05) is 30.3 Å². The van der Waals surface area contributed by atoms with Gasteiger partial charge in [0.1, 0.15) is 23.9 Å². The van der Waals surface area contributed by atoms with Gasteiger partial charge in [0, 0.05) is 31.8 Å². The lowest BCUT2D eigenvalue weighted by Crippen LogP contribution is -2.48. The summed E-state index contributed by atoms with van der Waals surface area (Å²) in [5.74, 6) is -0.506. The molecule has 12 heteroatoms. The molecule has 218 valence electrons. The van der Waals surface area contributed by atoms with E-state index in [2.05, 4.69) is 48.1 Å². The number of fused-ring (bicyclic) bond motifs is 1. The smallest absolute Gasteiger partial charge is 0.380 e.